The van der Waals surface area contributed by atoms with Crippen molar-refractivity contribution in [3.05, 3.63) is 56.5 Å². The SMILES string of the molecule is COc1cc(CNC[C@@H]2CCCO2)cc(Cl)c1OCc1c(Cl)cccc1Cl. The molecule has 2 aromatic rings. The van der Waals surface area contributed by atoms with Crippen LogP contribution in [0.5, 0.6) is 11.5 Å². The Morgan fingerprint density at radius 3 is 2.59 bits per heavy atom. The molecule has 0 saturated carbocycles. The molecule has 0 aliphatic carbocycles. The highest BCUT2D eigenvalue weighted by atomic mass is 35.5. The molecule has 1 atom stereocenters. The van der Waals surface area contributed by atoms with E-state index in [0.29, 0.717) is 44.8 Å². The summed E-state index contributed by atoms with van der Waals surface area (Å²) in [5, 5.41) is 4.97. The Balaban J connectivity index is 1.66. The van der Waals surface area contributed by atoms with Crippen LogP contribution in [0, 0.1) is 0 Å². The Labute approximate surface area is 174 Å². The molecule has 0 bridgehead atoms. The van der Waals surface area contributed by atoms with Crippen molar-refractivity contribution in [1.29, 1.82) is 0 Å². The maximum atomic E-state index is 6.44. The van der Waals surface area contributed by atoms with Gasteiger partial charge < -0.3 is 19.5 Å². The second-order valence-corrected chi connectivity index (χ2v) is 7.59. The molecule has 0 spiro atoms. The van der Waals surface area contributed by atoms with Gasteiger partial charge in [-0.1, -0.05) is 40.9 Å². The highest BCUT2D eigenvalue weighted by molar-refractivity contribution is 6.36. The van der Waals surface area contributed by atoms with Crippen LogP contribution in [0.25, 0.3) is 0 Å². The van der Waals surface area contributed by atoms with Crippen molar-refractivity contribution in [2.24, 2.45) is 0 Å². The van der Waals surface area contributed by atoms with Crippen molar-refractivity contribution in [1.82, 2.24) is 5.32 Å². The number of halogens is 3. The maximum Gasteiger partial charge on any atom is 0.180 e. The lowest BCUT2D eigenvalue weighted by Gasteiger charge is -2.16. The summed E-state index contributed by atoms with van der Waals surface area (Å²) >= 11 is 18.8. The van der Waals surface area contributed by atoms with Crippen molar-refractivity contribution < 1.29 is 14.2 Å². The predicted octanol–water partition coefficient (Wildman–Crippen LogP) is 5.50. The second kappa shape index (κ2) is 9.85. The van der Waals surface area contributed by atoms with Crippen LogP contribution in [0.4, 0.5) is 0 Å². The van der Waals surface area contributed by atoms with E-state index in [2.05, 4.69) is 5.32 Å². The molecular weight excluding hydrogens is 409 g/mol. The van der Waals surface area contributed by atoms with Crippen LogP contribution in [-0.4, -0.2) is 26.4 Å². The second-order valence-electron chi connectivity index (χ2n) is 6.36. The van der Waals surface area contributed by atoms with Crippen LogP contribution in [0.2, 0.25) is 15.1 Å². The van der Waals surface area contributed by atoms with Gasteiger partial charge in [-0.15, -0.1) is 0 Å². The smallest absolute Gasteiger partial charge is 0.180 e. The zero-order chi connectivity index (χ0) is 19.2. The lowest BCUT2D eigenvalue weighted by Crippen LogP contribution is -2.25. The van der Waals surface area contributed by atoms with Crippen LogP contribution in [0.3, 0.4) is 0 Å². The summed E-state index contributed by atoms with van der Waals surface area (Å²) in [6.45, 7) is 2.55. The number of hydrogen-bond acceptors (Lipinski definition) is 4. The maximum absolute atomic E-state index is 6.44. The zero-order valence-electron chi connectivity index (χ0n) is 15.1. The largest absolute Gasteiger partial charge is 0.493 e. The van der Waals surface area contributed by atoms with Gasteiger partial charge in [0, 0.05) is 35.3 Å². The van der Waals surface area contributed by atoms with Crippen LogP contribution in [0.1, 0.15) is 24.0 Å². The first kappa shape index (κ1) is 20.6. The fraction of sp³-hybridized carbons (Fsp3) is 0.400. The van der Waals surface area contributed by atoms with E-state index in [1.807, 2.05) is 12.1 Å². The molecule has 1 fully saturated rings. The number of nitrogens with one attached hydrogen (secondary N) is 1. The first-order valence-corrected chi connectivity index (χ1v) is 9.96. The third-order valence-corrected chi connectivity index (χ3v) is 5.43. The van der Waals surface area contributed by atoms with Gasteiger partial charge in [0.15, 0.2) is 11.5 Å². The summed E-state index contributed by atoms with van der Waals surface area (Å²) < 4.78 is 17.0. The van der Waals surface area contributed by atoms with Crippen molar-refractivity contribution in [2.45, 2.75) is 32.1 Å². The molecule has 1 N–H and O–H groups in total. The van der Waals surface area contributed by atoms with E-state index >= 15 is 0 Å². The topological polar surface area (TPSA) is 39.7 Å². The summed E-state index contributed by atoms with van der Waals surface area (Å²) in [5.74, 6) is 1.04. The third kappa shape index (κ3) is 5.43. The molecule has 3 rings (SSSR count). The Kier molecular flexibility index (Phi) is 7.50. The highest BCUT2D eigenvalue weighted by Crippen LogP contribution is 2.38. The molecule has 27 heavy (non-hydrogen) atoms. The molecule has 146 valence electrons. The van der Waals surface area contributed by atoms with Gasteiger partial charge >= 0.3 is 0 Å². The van der Waals surface area contributed by atoms with Crippen molar-refractivity contribution in [3.8, 4) is 11.5 Å². The van der Waals surface area contributed by atoms with Gasteiger partial charge in [-0.05, 0) is 42.7 Å². The lowest BCUT2D eigenvalue weighted by atomic mass is 10.2. The van der Waals surface area contributed by atoms with Crippen molar-refractivity contribution in [2.75, 3.05) is 20.3 Å². The molecule has 1 saturated heterocycles. The van der Waals surface area contributed by atoms with Crippen LogP contribution < -0.4 is 14.8 Å². The molecule has 1 aliphatic heterocycles. The Bertz CT molecular complexity index is 759. The number of methoxy groups -OCH3 is 1. The van der Waals surface area contributed by atoms with Gasteiger partial charge in [-0.3, -0.25) is 0 Å². The minimum absolute atomic E-state index is 0.200. The number of rotatable bonds is 8. The minimum atomic E-state index is 0.200. The molecule has 0 unspecified atom stereocenters. The van der Waals surface area contributed by atoms with Gasteiger partial charge in [0.2, 0.25) is 0 Å². The first-order valence-electron chi connectivity index (χ1n) is 8.83. The van der Waals surface area contributed by atoms with Crippen molar-refractivity contribution >= 4 is 34.8 Å². The van der Waals surface area contributed by atoms with E-state index in [0.717, 1.165) is 31.6 Å². The summed E-state index contributed by atoms with van der Waals surface area (Å²) in [4.78, 5) is 0. The quantitative estimate of drug-likeness (QED) is 0.600. The zero-order valence-corrected chi connectivity index (χ0v) is 17.3. The van der Waals surface area contributed by atoms with Gasteiger partial charge in [0.25, 0.3) is 0 Å². The van der Waals surface area contributed by atoms with Gasteiger partial charge in [0.1, 0.15) is 6.61 Å². The molecule has 2 aromatic carbocycles. The third-order valence-electron chi connectivity index (χ3n) is 4.44. The monoisotopic (exact) mass is 429 g/mol. The van der Waals surface area contributed by atoms with E-state index < -0.39 is 0 Å². The molecular formula is C20H22Cl3NO3. The molecule has 1 heterocycles. The summed E-state index contributed by atoms with van der Waals surface area (Å²) in [6.07, 6.45) is 2.53. The molecule has 1 aliphatic rings. The number of ether oxygens (including phenoxy) is 3. The molecule has 4 nitrogen and oxygen atoms in total. The van der Waals surface area contributed by atoms with Gasteiger partial charge in [-0.25, -0.2) is 0 Å². The normalized spacial score (nSPS) is 16.5. The van der Waals surface area contributed by atoms with E-state index in [1.54, 1.807) is 25.3 Å². The average molecular weight is 431 g/mol. The minimum Gasteiger partial charge on any atom is -0.493 e. The molecule has 7 heteroatoms. The van der Waals surface area contributed by atoms with Crippen molar-refractivity contribution in [3.63, 3.8) is 0 Å². The first-order chi connectivity index (χ1) is 13.1. The summed E-state index contributed by atoms with van der Waals surface area (Å²) in [6, 6.07) is 9.12. The van der Waals surface area contributed by atoms with Crippen LogP contribution in [0.15, 0.2) is 30.3 Å². The summed E-state index contributed by atoms with van der Waals surface area (Å²) in [7, 11) is 1.59. The van der Waals surface area contributed by atoms with E-state index in [4.69, 9.17) is 49.0 Å². The lowest BCUT2D eigenvalue weighted by molar-refractivity contribution is 0.110. The standard InChI is InChI=1S/C20H22Cl3NO3/c1-25-19-9-13(10-24-11-14-4-3-7-26-14)8-18(23)20(19)27-12-15-16(21)5-2-6-17(15)22/h2,5-6,8-9,14,24H,3-4,7,10-12H2,1H3/t14-/m0/s1. The summed E-state index contributed by atoms with van der Waals surface area (Å²) in [5.41, 5.74) is 1.72. The Morgan fingerprint density at radius 1 is 1.15 bits per heavy atom. The fourth-order valence-electron chi connectivity index (χ4n) is 3.01. The predicted molar refractivity (Wildman–Crippen MR) is 109 cm³/mol. The van der Waals surface area contributed by atoms with E-state index in [-0.39, 0.29) is 6.61 Å². The van der Waals surface area contributed by atoms with Crippen LogP contribution in [-0.2, 0) is 17.9 Å². The van der Waals surface area contributed by atoms with E-state index in [1.165, 1.54) is 0 Å². The fourth-order valence-corrected chi connectivity index (χ4v) is 3.81. The molecule has 0 amide bonds. The average Bonchev–Trinajstić information content (AvgIpc) is 3.15. The Hall–Kier alpha value is -1.17. The van der Waals surface area contributed by atoms with Gasteiger partial charge in [0.05, 0.1) is 18.2 Å². The van der Waals surface area contributed by atoms with E-state index in [9.17, 15) is 0 Å². The molecule has 0 aromatic heterocycles. The highest BCUT2D eigenvalue weighted by Gasteiger charge is 2.16. The Morgan fingerprint density at radius 2 is 1.93 bits per heavy atom. The number of benzene rings is 2. The van der Waals surface area contributed by atoms with Crippen LogP contribution >= 0.6 is 34.8 Å². The molecule has 0 radical (unpaired) electrons. The number of hydrogen-bond donors (Lipinski definition) is 1. The van der Waals surface area contributed by atoms with Gasteiger partial charge in [-0.2, -0.15) is 0 Å².